The van der Waals surface area contributed by atoms with Gasteiger partial charge >= 0.3 is 11.9 Å². The lowest BCUT2D eigenvalue weighted by molar-refractivity contribution is -0.143. The van der Waals surface area contributed by atoms with Gasteiger partial charge < -0.3 is 9.47 Å². The highest BCUT2D eigenvalue weighted by molar-refractivity contribution is 6.00. The van der Waals surface area contributed by atoms with Crippen LogP contribution in [0.1, 0.15) is 81.1 Å². The summed E-state index contributed by atoms with van der Waals surface area (Å²) >= 11 is 0. The maximum absolute atomic E-state index is 12.7. The molecule has 0 aromatic carbocycles. The molecule has 0 radical (unpaired) electrons. The fourth-order valence-corrected chi connectivity index (χ4v) is 2.22. The van der Waals surface area contributed by atoms with Crippen LogP contribution in [0.25, 0.3) is 0 Å². The summed E-state index contributed by atoms with van der Waals surface area (Å²) in [5, 5.41) is 0. The standard InChI is InChI=1S/C21H38O4/c1-9-10-11-17(19(22)24-13-15(2)3)18(12-21(6,7)8)20(23)25-14-16(4)5/h15-16H,9-14H2,1-8H3/b18-17-. The molecule has 0 aliphatic rings. The molecule has 0 aliphatic heterocycles. The third-order valence-electron chi connectivity index (χ3n) is 3.44. The second kappa shape index (κ2) is 11.3. The Morgan fingerprint density at radius 2 is 1.28 bits per heavy atom. The zero-order valence-electron chi connectivity index (χ0n) is 17.5. The Labute approximate surface area is 154 Å². The van der Waals surface area contributed by atoms with Crippen LogP contribution in [0.4, 0.5) is 0 Å². The lowest BCUT2D eigenvalue weighted by Crippen LogP contribution is -2.22. The van der Waals surface area contributed by atoms with Gasteiger partial charge in [0.1, 0.15) is 0 Å². The molecule has 0 heterocycles. The van der Waals surface area contributed by atoms with Crippen LogP contribution in [0.15, 0.2) is 11.1 Å². The van der Waals surface area contributed by atoms with E-state index in [9.17, 15) is 9.59 Å². The van der Waals surface area contributed by atoms with Gasteiger partial charge in [0.25, 0.3) is 0 Å². The molecule has 0 bridgehead atoms. The smallest absolute Gasteiger partial charge is 0.334 e. The summed E-state index contributed by atoms with van der Waals surface area (Å²) in [6, 6.07) is 0. The molecular formula is C21H38O4. The average Bonchev–Trinajstić information content (AvgIpc) is 2.48. The molecule has 146 valence electrons. The van der Waals surface area contributed by atoms with E-state index in [0.717, 1.165) is 12.8 Å². The molecule has 0 amide bonds. The Bertz CT molecular complexity index is 453. The molecule has 4 heteroatoms. The number of hydrogen-bond donors (Lipinski definition) is 0. The summed E-state index contributed by atoms with van der Waals surface area (Å²) in [4.78, 5) is 25.3. The molecule has 0 N–H and O–H groups in total. The zero-order valence-corrected chi connectivity index (χ0v) is 17.5. The van der Waals surface area contributed by atoms with Crippen LogP contribution in [0.5, 0.6) is 0 Å². The molecule has 0 spiro atoms. The first-order valence-corrected chi connectivity index (χ1v) is 9.54. The fraction of sp³-hybridized carbons (Fsp3) is 0.810. The summed E-state index contributed by atoms with van der Waals surface area (Å²) in [5.41, 5.74) is 0.851. The van der Waals surface area contributed by atoms with Crippen LogP contribution in [0.2, 0.25) is 0 Å². The lowest BCUT2D eigenvalue weighted by atomic mass is 9.85. The Kier molecular flexibility index (Phi) is 10.7. The van der Waals surface area contributed by atoms with E-state index in [-0.39, 0.29) is 29.2 Å². The zero-order chi connectivity index (χ0) is 19.6. The first kappa shape index (κ1) is 23.7. The van der Waals surface area contributed by atoms with E-state index < -0.39 is 0 Å². The monoisotopic (exact) mass is 354 g/mol. The Balaban J connectivity index is 5.68. The minimum absolute atomic E-state index is 0.123. The molecule has 0 aliphatic carbocycles. The highest BCUT2D eigenvalue weighted by Gasteiger charge is 2.27. The molecule has 0 fully saturated rings. The maximum Gasteiger partial charge on any atom is 0.334 e. The summed E-state index contributed by atoms with van der Waals surface area (Å²) in [7, 11) is 0. The molecule has 0 saturated carbocycles. The van der Waals surface area contributed by atoms with E-state index in [1.54, 1.807) is 0 Å². The van der Waals surface area contributed by atoms with E-state index in [4.69, 9.17) is 9.47 Å². The SMILES string of the molecule is CCCC/C(C(=O)OCC(C)C)=C(\CC(C)(C)C)C(=O)OCC(C)C. The predicted molar refractivity (Wildman–Crippen MR) is 102 cm³/mol. The molecule has 0 unspecified atom stereocenters. The highest BCUT2D eigenvalue weighted by Crippen LogP contribution is 2.29. The third-order valence-corrected chi connectivity index (χ3v) is 3.44. The van der Waals surface area contributed by atoms with Crippen molar-refractivity contribution >= 4 is 11.9 Å². The Hall–Kier alpha value is -1.32. The molecular weight excluding hydrogens is 316 g/mol. The van der Waals surface area contributed by atoms with E-state index in [2.05, 4.69) is 27.7 Å². The molecule has 0 aromatic rings. The number of esters is 2. The largest absolute Gasteiger partial charge is 0.462 e. The number of unbranched alkanes of at least 4 members (excludes halogenated alkanes) is 1. The first-order chi connectivity index (χ1) is 11.5. The molecule has 0 aromatic heterocycles. The first-order valence-electron chi connectivity index (χ1n) is 9.54. The van der Waals surface area contributed by atoms with Crippen molar-refractivity contribution in [1.82, 2.24) is 0 Å². The molecule has 0 rings (SSSR count). The summed E-state index contributed by atoms with van der Waals surface area (Å²) in [6.07, 6.45) is 2.84. The van der Waals surface area contributed by atoms with Crippen molar-refractivity contribution in [2.75, 3.05) is 13.2 Å². The van der Waals surface area contributed by atoms with Gasteiger partial charge in [0.05, 0.1) is 13.2 Å². The molecule has 0 saturated heterocycles. The predicted octanol–water partition coefficient (Wildman–Crippen LogP) is 5.31. The maximum atomic E-state index is 12.7. The van der Waals surface area contributed by atoms with Gasteiger partial charge in [-0.3, -0.25) is 0 Å². The van der Waals surface area contributed by atoms with Crippen LogP contribution in [-0.2, 0) is 19.1 Å². The van der Waals surface area contributed by atoms with Gasteiger partial charge in [-0.05, 0) is 36.5 Å². The number of hydrogen-bond acceptors (Lipinski definition) is 4. The summed E-state index contributed by atoms with van der Waals surface area (Å²) in [5.74, 6) is -0.235. The summed E-state index contributed by atoms with van der Waals surface area (Å²) in [6.45, 7) is 16.9. The quantitative estimate of drug-likeness (QED) is 0.394. The second-order valence-corrected chi connectivity index (χ2v) is 8.78. The van der Waals surface area contributed by atoms with Gasteiger partial charge in [-0.1, -0.05) is 61.8 Å². The number of carbonyl (C=O) groups excluding carboxylic acids is 2. The molecule has 25 heavy (non-hydrogen) atoms. The second-order valence-electron chi connectivity index (χ2n) is 8.78. The van der Waals surface area contributed by atoms with Gasteiger partial charge in [0, 0.05) is 11.1 Å². The van der Waals surface area contributed by atoms with Crippen LogP contribution in [-0.4, -0.2) is 25.2 Å². The van der Waals surface area contributed by atoms with Gasteiger partial charge in [-0.25, -0.2) is 9.59 Å². The van der Waals surface area contributed by atoms with Crippen molar-refractivity contribution in [2.24, 2.45) is 17.3 Å². The van der Waals surface area contributed by atoms with Gasteiger partial charge in [0.2, 0.25) is 0 Å². The topological polar surface area (TPSA) is 52.6 Å². The van der Waals surface area contributed by atoms with Crippen molar-refractivity contribution in [3.05, 3.63) is 11.1 Å². The fourth-order valence-electron chi connectivity index (χ4n) is 2.22. The van der Waals surface area contributed by atoms with Crippen LogP contribution in [0, 0.1) is 17.3 Å². The minimum Gasteiger partial charge on any atom is -0.462 e. The number of rotatable bonds is 10. The normalized spacial score (nSPS) is 13.0. The van der Waals surface area contributed by atoms with Crippen LogP contribution >= 0.6 is 0 Å². The van der Waals surface area contributed by atoms with Gasteiger partial charge in [0.15, 0.2) is 0 Å². The lowest BCUT2D eigenvalue weighted by Gasteiger charge is -2.22. The Morgan fingerprint density at radius 3 is 1.64 bits per heavy atom. The van der Waals surface area contributed by atoms with Crippen molar-refractivity contribution in [3.63, 3.8) is 0 Å². The third kappa shape index (κ3) is 11.0. The minimum atomic E-state index is -0.378. The highest BCUT2D eigenvalue weighted by atomic mass is 16.5. The van der Waals surface area contributed by atoms with Gasteiger partial charge in [-0.15, -0.1) is 0 Å². The van der Waals surface area contributed by atoms with Crippen molar-refractivity contribution in [2.45, 2.75) is 81.1 Å². The van der Waals surface area contributed by atoms with Crippen LogP contribution in [0.3, 0.4) is 0 Å². The van der Waals surface area contributed by atoms with E-state index >= 15 is 0 Å². The van der Waals surface area contributed by atoms with E-state index in [1.165, 1.54) is 0 Å². The number of ether oxygens (including phenoxy) is 2. The van der Waals surface area contributed by atoms with E-state index in [0.29, 0.717) is 37.2 Å². The van der Waals surface area contributed by atoms with Crippen molar-refractivity contribution < 1.29 is 19.1 Å². The molecule has 4 nitrogen and oxygen atoms in total. The van der Waals surface area contributed by atoms with Gasteiger partial charge in [-0.2, -0.15) is 0 Å². The molecule has 0 atom stereocenters. The van der Waals surface area contributed by atoms with E-state index in [1.807, 2.05) is 27.7 Å². The number of carbonyl (C=O) groups is 2. The van der Waals surface area contributed by atoms with Crippen LogP contribution < -0.4 is 0 Å². The average molecular weight is 355 g/mol. The Morgan fingerprint density at radius 1 is 0.840 bits per heavy atom. The van der Waals surface area contributed by atoms with Crippen molar-refractivity contribution in [3.8, 4) is 0 Å². The van der Waals surface area contributed by atoms with Crippen molar-refractivity contribution in [1.29, 1.82) is 0 Å². The summed E-state index contributed by atoms with van der Waals surface area (Å²) < 4.78 is 10.9.